The second-order valence-corrected chi connectivity index (χ2v) is 15.0. The van der Waals surface area contributed by atoms with E-state index in [-0.39, 0.29) is 5.04 Å². The zero-order valence-electron chi connectivity index (χ0n) is 20.2. The third-order valence-electron chi connectivity index (χ3n) is 5.47. The molecule has 1 aromatic carbocycles. The lowest BCUT2D eigenvalue weighted by molar-refractivity contribution is -0.134. The number of esters is 1. The second kappa shape index (κ2) is 9.00. The molecule has 0 radical (unpaired) electrons. The predicted molar refractivity (Wildman–Crippen MR) is 127 cm³/mol. The Kier molecular flexibility index (Phi) is 7.23. The normalized spacial score (nSPS) is 13.1. The van der Waals surface area contributed by atoms with Crippen molar-refractivity contribution in [1.82, 2.24) is 4.57 Å². The summed E-state index contributed by atoms with van der Waals surface area (Å²) in [4.78, 5) is 24.5. The summed E-state index contributed by atoms with van der Waals surface area (Å²) in [6.07, 6.45) is 2.34. The number of methoxy groups -OCH3 is 1. The van der Waals surface area contributed by atoms with Crippen molar-refractivity contribution in [2.75, 3.05) is 7.11 Å². The van der Waals surface area contributed by atoms with Crippen molar-refractivity contribution in [3.05, 3.63) is 41.6 Å². The Morgan fingerprint density at radius 2 is 1.71 bits per heavy atom. The Hall–Kier alpha value is -2.38. The van der Waals surface area contributed by atoms with Crippen molar-refractivity contribution < 1.29 is 23.5 Å². The number of fused-ring (bicyclic) bond motifs is 1. The first kappa shape index (κ1) is 24.9. The van der Waals surface area contributed by atoms with E-state index in [0.717, 1.165) is 10.9 Å². The highest BCUT2D eigenvalue weighted by atomic mass is 28.4. The van der Waals surface area contributed by atoms with Crippen LogP contribution in [-0.4, -0.2) is 37.7 Å². The van der Waals surface area contributed by atoms with Crippen LogP contribution in [0.2, 0.25) is 18.1 Å². The molecule has 0 saturated heterocycles. The van der Waals surface area contributed by atoms with E-state index in [4.69, 9.17) is 9.16 Å². The maximum absolute atomic E-state index is 12.9. The van der Waals surface area contributed by atoms with Gasteiger partial charge in [0.05, 0.1) is 24.9 Å². The second-order valence-electron chi connectivity index (χ2n) is 10.2. The van der Waals surface area contributed by atoms with Gasteiger partial charge in [0.2, 0.25) is 0 Å². The molecule has 6 nitrogen and oxygen atoms in total. The van der Waals surface area contributed by atoms with Crippen molar-refractivity contribution >= 4 is 37.4 Å². The molecule has 0 aliphatic carbocycles. The number of benzene rings is 1. The highest BCUT2D eigenvalue weighted by Gasteiger charge is 2.37. The zero-order chi connectivity index (χ0) is 23.6. The van der Waals surface area contributed by atoms with E-state index >= 15 is 0 Å². The molecule has 0 bridgehead atoms. The smallest absolute Gasteiger partial charge is 0.419 e. The van der Waals surface area contributed by atoms with Crippen LogP contribution in [-0.2, 0) is 25.3 Å². The fourth-order valence-corrected chi connectivity index (χ4v) is 3.67. The Labute approximate surface area is 186 Å². The molecular formula is C24H35NO5Si. The molecule has 0 unspecified atom stereocenters. The summed E-state index contributed by atoms with van der Waals surface area (Å²) in [5, 5.41) is 0.995. The molecule has 31 heavy (non-hydrogen) atoms. The third-order valence-corrected chi connectivity index (χ3v) is 9.95. The number of rotatable bonds is 5. The molecule has 0 aliphatic rings. The first-order chi connectivity index (χ1) is 14.1. The molecule has 1 aromatic heterocycles. The van der Waals surface area contributed by atoms with Crippen LogP contribution >= 0.6 is 0 Å². The van der Waals surface area contributed by atoms with Gasteiger partial charge >= 0.3 is 12.1 Å². The summed E-state index contributed by atoms with van der Waals surface area (Å²) in [7, 11) is -0.567. The van der Waals surface area contributed by atoms with Gasteiger partial charge in [-0.1, -0.05) is 26.8 Å². The number of nitrogens with zero attached hydrogens (tertiary/aromatic N) is 1. The van der Waals surface area contributed by atoms with Gasteiger partial charge in [0.15, 0.2) is 8.32 Å². The van der Waals surface area contributed by atoms with Crippen molar-refractivity contribution in [2.24, 2.45) is 0 Å². The lowest BCUT2D eigenvalue weighted by Crippen LogP contribution is -2.40. The fraction of sp³-hybridized carbons (Fsp3) is 0.500. The number of hydrogen-bond acceptors (Lipinski definition) is 5. The average molecular weight is 446 g/mol. The van der Waals surface area contributed by atoms with Crippen LogP contribution in [0.25, 0.3) is 17.0 Å². The molecule has 0 aliphatic heterocycles. The van der Waals surface area contributed by atoms with Gasteiger partial charge in [-0.3, -0.25) is 0 Å². The molecule has 2 aromatic rings. The van der Waals surface area contributed by atoms with Gasteiger partial charge in [0.1, 0.15) is 5.60 Å². The maximum atomic E-state index is 12.9. The fourth-order valence-electron chi connectivity index (χ4n) is 2.71. The van der Waals surface area contributed by atoms with Gasteiger partial charge in [-0.05, 0) is 68.7 Å². The van der Waals surface area contributed by atoms with Crippen molar-refractivity contribution in [1.29, 1.82) is 0 Å². The third kappa shape index (κ3) is 6.30. The molecule has 0 N–H and O–H groups in total. The molecule has 0 spiro atoms. The molecular weight excluding hydrogens is 410 g/mol. The maximum Gasteiger partial charge on any atom is 0.419 e. The van der Waals surface area contributed by atoms with Gasteiger partial charge in [-0.15, -0.1) is 0 Å². The molecule has 7 heteroatoms. The van der Waals surface area contributed by atoms with Crippen LogP contribution in [0.4, 0.5) is 4.79 Å². The zero-order valence-corrected chi connectivity index (χ0v) is 21.2. The van der Waals surface area contributed by atoms with E-state index < -0.39 is 26.0 Å². The number of carbonyl (C=O) groups is 2. The SMILES string of the molecule is COC(=O)C=Cc1cc2cc(CO[Si](C)(C)C(C)(C)C)ccc2n1C(=O)OC(C)(C)C. The number of ether oxygens (including phenoxy) is 2. The summed E-state index contributed by atoms with van der Waals surface area (Å²) in [5.41, 5.74) is 1.63. The van der Waals surface area contributed by atoms with Crippen LogP contribution < -0.4 is 0 Å². The van der Waals surface area contributed by atoms with Crippen molar-refractivity contribution in [3.8, 4) is 0 Å². The molecule has 0 fully saturated rings. The number of carbonyl (C=O) groups excluding carboxylic acids is 2. The lowest BCUT2D eigenvalue weighted by atomic mass is 10.1. The quantitative estimate of drug-likeness (QED) is 0.314. The Morgan fingerprint density at radius 1 is 1.06 bits per heavy atom. The molecule has 170 valence electrons. The van der Waals surface area contributed by atoms with Crippen molar-refractivity contribution in [3.63, 3.8) is 0 Å². The standard InChI is InChI=1S/C24H35NO5Si/c1-23(2,3)30-22(27)25-19(11-13-21(26)28-7)15-18-14-17(10-12-20(18)25)16-29-31(8,9)24(4,5)6/h10-15H,16H2,1-9H3. The number of hydrogen-bond donors (Lipinski definition) is 0. The molecule has 2 rings (SSSR count). The summed E-state index contributed by atoms with van der Waals surface area (Å²) >= 11 is 0. The van der Waals surface area contributed by atoms with Gasteiger partial charge in [-0.2, -0.15) is 0 Å². The van der Waals surface area contributed by atoms with E-state index in [0.29, 0.717) is 17.8 Å². The summed E-state index contributed by atoms with van der Waals surface area (Å²) in [5.74, 6) is -0.496. The Balaban J connectivity index is 2.45. The largest absolute Gasteiger partial charge is 0.466 e. The van der Waals surface area contributed by atoms with Crippen LogP contribution in [0, 0.1) is 0 Å². The molecule has 0 atom stereocenters. The van der Waals surface area contributed by atoms with Gasteiger partial charge in [0, 0.05) is 11.5 Å². The lowest BCUT2D eigenvalue weighted by Gasteiger charge is -2.36. The van der Waals surface area contributed by atoms with Crippen LogP contribution in [0.15, 0.2) is 30.3 Å². The molecule has 0 saturated carbocycles. The number of aromatic nitrogens is 1. The minimum absolute atomic E-state index is 0.128. The van der Waals surface area contributed by atoms with Crippen LogP contribution in [0.1, 0.15) is 52.8 Å². The van der Waals surface area contributed by atoms with Gasteiger partial charge < -0.3 is 13.9 Å². The van der Waals surface area contributed by atoms with E-state index in [2.05, 4.69) is 38.6 Å². The Bertz CT molecular complexity index is 990. The first-order valence-corrected chi connectivity index (χ1v) is 13.3. The summed E-state index contributed by atoms with van der Waals surface area (Å²) in [6.45, 7) is 17.0. The minimum Gasteiger partial charge on any atom is -0.466 e. The topological polar surface area (TPSA) is 66.8 Å². The highest BCUT2D eigenvalue weighted by Crippen LogP contribution is 2.37. The molecule has 0 amide bonds. The predicted octanol–water partition coefficient (Wildman–Crippen LogP) is 6.13. The van der Waals surface area contributed by atoms with Gasteiger partial charge in [-0.25, -0.2) is 14.2 Å². The highest BCUT2D eigenvalue weighted by molar-refractivity contribution is 6.74. The average Bonchev–Trinajstić information content (AvgIpc) is 2.99. The first-order valence-electron chi connectivity index (χ1n) is 10.4. The summed E-state index contributed by atoms with van der Waals surface area (Å²) in [6, 6.07) is 7.72. The van der Waals surface area contributed by atoms with E-state index in [1.807, 2.05) is 45.0 Å². The molecule has 1 heterocycles. The van der Waals surface area contributed by atoms with E-state index in [1.165, 1.54) is 17.8 Å². The Morgan fingerprint density at radius 3 is 2.26 bits per heavy atom. The van der Waals surface area contributed by atoms with E-state index in [1.54, 1.807) is 6.08 Å². The monoisotopic (exact) mass is 445 g/mol. The van der Waals surface area contributed by atoms with Crippen LogP contribution in [0.5, 0.6) is 0 Å². The van der Waals surface area contributed by atoms with E-state index in [9.17, 15) is 9.59 Å². The minimum atomic E-state index is -1.88. The van der Waals surface area contributed by atoms with Crippen LogP contribution in [0.3, 0.4) is 0 Å². The van der Waals surface area contributed by atoms with Crippen molar-refractivity contribution in [2.45, 2.75) is 71.9 Å². The van der Waals surface area contributed by atoms with Gasteiger partial charge in [0.25, 0.3) is 0 Å². The summed E-state index contributed by atoms with van der Waals surface area (Å²) < 4.78 is 18.1.